The van der Waals surface area contributed by atoms with Gasteiger partial charge in [0.15, 0.2) is 0 Å². The van der Waals surface area contributed by atoms with E-state index in [1.807, 2.05) is 4.98 Å². The molecular formula is C12H12FN3O2. The fraction of sp³-hybridized carbons (Fsp3) is 0.250. The molecule has 2 N–H and O–H groups in total. The minimum Gasteiger partial charge on any atom is -0.295 e. The molecule has 0 saturated heterocycles. The Bertz CT molecular complexity index is 634. The molecule has 5 nitrogen and oxygen atoms in total. The SMILES string of the molecule is CC(Cc1nc(=O)[nH]c(=O)[nH]1)c1ccccc1F. The van der Waals surface area contributed by atoms with Crippen molar-refractivity contribution < 1.29 is 4.39 Å². The molecule has 1 aromatic heterocycles. The van der Waals surface area contributed by atoms with Crippen LogP contribution in [0.5, 0.6) is 0 Å². The summed E-state index contributed by atoms with van der Waals surface area (Å²) in [5, 5.41) is 0. The first kappa shape index (κ1) is 12.2. The highest BCUT2D eigenvalue weighted by atomic mass is 19.1. The van der Waals surface area contributed by atoms with Crippen molar-refractivity contribution in [2.45, 2.75) is 19.3 Å². The van der Waals surface area contributed by atoms with E-state index in [4.69, 9.17) is 0 Å². The average molecular weight is 249 g/mol. The van der Waals surface area contributed by atoms with Crippen LogP contribution in [0.3, 0.4) is 0 Å². The summed E-state index contributed by atoms with van der Waals surface area (Å²) in [4.78, 5) is 30.2. The van der Waals surface area contributed by atoms with E-state index >= 15 is 0 Å². The maximum absolute atomic E-state index is 13.5. The van der Waals surface area contributed by atoms with Crippen molar-refractivity contribution in [2.24, 2.45) is 0 Å². The van der Waals surface area contributed by atoms with Gasteiger partial charge in [-0.15, -0.1) is 0 Å². The zero-order valence-electron chi connectivity index (χ0n) is 9.74. The highest BCUT2D eigenvalue weighted by Gasteiger charge is 2.12. The smallest absolute Gasteiger partial charge is 0.295 e. The Labute approximate surface area is 102 Å². The number of benzene rings is 1. The summed E-state index contributed by atoms with van der Waals surface area (Å²) in [6.45, 7) is 1.81. The molecule has 1 unspecified atom stereocenters. The van der Waals surface area contributed by atoms with Crippen LogP contribution in [0.4, 0.5) is 4.39 Å². The van der Waals surface area contributed by atoms with Crippen molar-refractivity contribution in [3.63, 3.8) is 0 Å². The summed E-state index contributed by atoms with van der Waals surface area (Å²) < 4.78 is 13.5. The molecule has 2 rings (SSSR count). The van der Waals surface area contributed by atoms with Crippen LogP contribution in [-0.4, -0.2) is 15.0 Å². The van der Waals surface area contributed by atoms with Crippen LogP contribution < -0.4 is 11.4 Å². The van der Waals surface area contributed by atoms with Crippen molar-refractivity contribution in [3.8, 4) is 0 Å². The number of H-pyrrole nitrogens is 2. The third-order valence-electron chi connectivity index (χ3n) is 2.65. The van der Waals surface area contributed by atoms with Gasteiger partial charge in [0.2, 0.25) is 0 Å². The second kappa shape index (κ2) is 4.95. The molecule has 0 radical (unpaired) electrons. The van der Waals surface area contributed by atoms with Crippen molar-refractivity contribution in [3.05, 3.63) is 62.4 Å². The van der Waals surface area contributed by atoms with Crippen molar-refractivity contribution >= 4 is 0 Å². The number of aromatic amines is 2. The van der Waals surface area contributed by atoms with Crippen LogP contribution >= 0.6 is 0 Å². The quantitative estimate of drug-likeness (QED) is 0.849. The molecule has 6 heteroatoms. The van der Waals surface area contributed by atoms with Gasteiger partial charge in [0, 0.05) is 6.42 Å². The van der Waals surface area contributed by atoms with Gasteiger partial charge >= 0.3 is 11.4 Å². The molecule has 0 amide bonds. The van der Waals surface area contributed by atoms with Crippen LogP contribution in [0.1, 0.15) is 24.2 Å². The summed E-state index contributed by atoms with van der Waals surface area (Å²) in [5.41, 5.74) is -0.777. The number of nitrogens with one attached hydrogen (secondary N) is 2. The normalized spacial score (nSPS) is 12.3. The fourth-order valence-electron chi connectivity index (χ4n) is 1.81. The van der Waals surface area contributed by atoms with Crippen LogP contribution in [0.2, 0.25) is 0 Å². The maximum Gasteiger partial charge on any atom is 0.350 e. The third kappa shape index (κ3) is 2.71. The molecule has 0 fully saturated rings. The lowest BCUT2D eigenvalue weighted by atomic mass is 9.97. The van der Waals surface area contributed by atoms with Gasteiger partial charge in [-0.05, 0) is 17.5 Å². The topological polar surface area (TPSA) is 78.6 Å². The first-order valence-electron chi connectivity index (χ1n) is 5.50. The molecule has 0 saturated carbocycles. The Morgan fingerprint density at radius 1 is 1.28 bits per heavy atom. The molecule has 1 heterocycles. The molecule has 0 aliphatic rings. The van der Waals surface area contributed by atoms with E-state index in [0.29, 0.717) is 12.0 Å². The number of hydrogen-bond acceptors (Lipinski definition) is 3. The fourth-order valence-corrected chi connectivity index (χ4v) is 1.81. The Hall–Kier alpha value is -2.24. The molecule has 94 valence electrons. The van der Waals surface area contributed by atoms with E-state index in [-0.39, 0.29) is 17.6 Å². The van der Waals surface area contributed by atoms with E-state index in [9.17, 15) is 14.0 Å². The van der Waals surface area contributed by atoms with Gasteiger partial charge < -0.3 is 0 Å². The van der Waals surface area contributed by atoms with Crippen LogP contribution in [0.25, 0.3) is 0 Å². The lowest BCUT2D eigenvalue weighted by Gasteiger charge is -2.11. The minimum atomic E-state index is -0.700. The van der Waals surface area contributed by atoms with Crippen LogP contribution in [0, 0.1) is 5.82 Å². The van der Waals surface area contributed by atoms with Gasteiger partial charge in [-0.2, -0.15) is 4.98 Å². The van der Waals surface area contributed by atoms with E-state index in [0.717, 1.165) is 0 Å². The van der Waals surface area contributed by atoms with Gasteiger partial charge in [-0.3, -0.25) is 9.97 Å². The zero-order valence-corrected chi connectivity index (χ0v) is 9.74. The van der Waals surface area contributed by atoms with Crippen molar-refractivity contribution in [1.82, 2.24) is 15.0 Å². The number of halogens is 1. The molecule has 0 spiro atoms. The van der Waals surface area contributed by atoms with Crippen molar-refractivity contribution in [2.75, 3.05) is 0 Å². The Balaban J connectivity index is 2.27. The molecule has 0 bridgehead atoms. The molecular weight excluding hydrogens is 237 g/mol. The van der Waals surface area contributed by atoms with E-state index in [2.05, 4.69) is 9.97 Å². The summed E-state index contributed by atoms with van der Waals surface area (Å²) in [6.07, 6.45) is 0.292. The Morgan fingerprint density at radius 2 is 2.00 bits per heavy atom. The molecule has 2 aromatic rings. The second-order valence-electron chi connectivity index (χ2n) is 4.07. The predicted octanol–water partition coefficient (Wildman–Crippen LogP) is 0.943. The maximum atomic E-state index is 13.5. The highest BCUT2D eigenvalue weighted by molar-refractivity contribution is 5.21. The highest BCUT2D eigenvalue weighted by Crippen LogP contribution is 2.20. The van der Waals surface area contributed by atoms with Crippen LogP contribution in [-0.2, 0) is 6.42 Å². The summed E-state index contributed by atoms with van der Waals surface area (Å²) >= 11 is 0. The van der Waals surface area contributed by atoms with Gasteiger partial charge in [0.25, 0.3) is 0 Å². The third-order valence-corrected chi connectivity index (χ3v) is 2.65. The van der Waals surface area contributed by atoms with E-state index in [1.54, 1.807) is 25.1 Å². The summed E-state index contributed by atoms with van der Waals surface area (Å²) in [5.74, 6) is -0.243. The molecule has 0 aliphatic carbocycles. The van der Waals surface area contributed by atoms with Gasteiger partial charge in [0.05, 0.1) is 0 Å². The number of aromatic nitrogens is 3. The zero-order chi connectivity index (χ0) is 13.1. The van der Waals surface area contributed by atoms with E-state index < -0.39 is 11.4 Å². The van der Waals surface area contributed by atoms with E-state index in [1.165, 1.54) is 6.07 Å². The first-order valence-corrected chi connectivity index (χ1v) is 5.50. The summed E-state index contributed by atoms with van der Waals surface area (Å²) in [7, 11) is 0. The summed E-state index contributed by atoms with van der Waals surface area (Å²) in [6, 6.07) is 6.40. The lowest BCUT2D eigenvalue weighted by Crippen LogP contribution is -2.27. The largest absolute Gasteiger partial charge is 0.350 e. The molecule has 1 aromatic carbocycles. The monoisotopic (exact) mass is 249 g/mol. The Morgan fingerprint density at radius 3 is 2.67 bits per heavy atom. The average Bonchev–Trinajstić information content (AvgIpc) is 2.27. The van der Waals surface area contributed by atoms with Gasteiger partial charge in [-0.25, -0.2) is 14.0 Å². The van der Waals surface area contributed by atoms with Gasteiger partial charge in [0.1, 0.15) is 11.6 Å². The van der Waals surface area contributed by atoms with Crippen molar-refractivity contribution in [1.29, 1.82) is 0 Å². The minimum absolute atomic E-state index is 0.184. The lowest BCUT2D eigenvalue weighted by molar-refractivity contribution is 0.581. The first-order chi connectivity index (χ1) is 8.56. The standard InChI is InChI=1S/C12H12FN3O2/c1-7(8-4-2-3-5-9(8)13)6-10-14-11(17)16-12(18)15-10/h2-5,7H,6H2,1H3,(H2,14,15,16,17,18). The van der Waals surface area contributed by atoms with Crippen LogP contribution in [0.15, 0.2) is 33.9 Å². The van der Waals surface area contributed by atoms with Gasteiger partial charge in [-0.1, -0.05) is 25.1 Å². The Kier molecular flexibility index (Phi) is 3.36. The number of rotatable bonds is 3. The predicted molar refractivity (Wildman–Crippen MR) is 64.0 cm³/mol. The molecule has 1 atom stereocenters. The number of hydrogen-bond donors (Lipinski definition) is 2. The number of nitrogens with zero attached hydrogens (tertiary/aromatic N) is 1. The second-order valence-corrected chi connectivity index (χ2v) is 4.07. The molecule has 18 heavy (non-hydrogen) atoms. The molecule has 0 aliphatic heterocycles.